The molecule has 0 aromatic carbocycles. The Bertz CT molecular complexity index is 365. The molecule has 4 heteroatoms. The predicted octanol–water partition coefficient (Wildman–Crippen LogP) is 2.20. The lowest BCUT2D eigenvalue weighted by atomic mass is 10.1. The highest BCUT2D eigenvalue weighted by molar-refractivity contribution is 5.76. The molecule has 0 radical (unpaired) electrons. The molecule has 0 aliphatic rings. The van der Waals surface area contributed by atoms with E-state index in [4.69, 9.17) is 5.73 Å². The summed E-state index contributed by atoms with van der Waals surface area (Å²) in [6.07, 6.45) is 5.95. The van der Waals surface area contributed by atoms with Gasteiger partial charge in [-0.3, -0.25) is 9.78 Å². The second-order valence-corrected chi connectivity index (χ2v) is 5.25. The molecule has 0 unspecified atom stereocenters. The van der Waals surface area contributed by atoms with E-state index < -0.39 is 0 Å². The minimum atomic E-state index is 0.214. The molecule has 1 amide bonds. The van der Waals surface area contributed by atoms with Crippen molar-refractivity contribution in [3.63, 3.8) is 0 Å². The van der Waals surface area contributed by atoms with Gasteiger partial charge in [0.05, 0.1) is 0 Å². The number of aromatic nitrogens is 1. The fraction of sp³-hybridized carbons (Fsp3) is 0.600. The number of rotatable bonds is 8. The van der Waals surface area contributed by atoms with Crippen molar-refractivity contribution in [3.05, 3.63) is 30.1 Å². The van der Waals surface area contributed by atoms with Gasteiger partial charge in [0.15, 0.2) is 0 Å². The van der Waals surface area contributed by atoms with Crippen molar-refractivity contribution in [2.24, 2.45) is 11.7 Å². The van der Waals surface area contributed by atoms with Gasteiger partial charge in [-0.25, -0.2) is 0 Å². The van der Waals surface area contributed by atoms with Crippen LogP contribution >= 0.6 is 0 Å². The Morgan fingerprint density at radius 3 is 2.84 bits per heavy atom. The minimum Gasteiger partial charge on any atom is -0.338 e. The molecule has 106 valence electrons. The lowest BCUT2D eigenvalue weighted by Gasteiger charge is -2.23. The van der Waals surface area contributed by atoms with Gasteiger partial charge in [-0.1, -0.05) is 19.9 Å². The number of hydrogen-bond acceptors (Lipinski definition) is 3. The van der Waals surface area contributed by atoms with Gasteiger partial charge < -0.3 is 10.6 Å². The number of nitrogens with zero attached hydrogens (tertiary/aromatic N) is 2. The zero-order valence-corrected chi connectivity index (χ0v) is 12.0. The Labute approximate surface area is 116 Å². The normalized spacial score (nSPS) is 10.7. The first-order valence-electron chi connectivity index (χ1n) is 7.00. The summed E-state index contributed by atoms with van der Waals surface area (Å²) in [6.45, 7) is 6.24. The minimum absolute atomic E-state index is 0.214. The Hall–Kier alpha value is -1.42. The highest BCUT2D eigenvalue weighted by Gasteiger charge is 2.13. The standard InChI is InChI=1S/C15H25N3O/c1-13(2)6-7-15(19)18(10-4-8-16)12-14-5-3-9-17-11-14/h3,5,9,11,13H,4,6-8,10,12,16H2,1-2H3. The van der Waals surface area contributed by atoms with E-state index in [1.54, 1.807) is 6.20 Å². The summed E-state index contributed by atoms with van der Waals surface area (Å²) in [5.41, 5.74) is 6.61. The van der Waals surface area contributed by atoms with Crippen molar-refractivity contribution in [1.29, 1.82) is 0 Å². The molecule has 0 saturated carbocycles. The van der Waals surface area contributed by atoms with Crippen LogP contribution in [0.3, 0.4) is 0 Å². The van der Waals surface area contributed by atoms with E-state index in [0.29, 0.717) is 25.4 Å². The first kappa shape index (κ1) is 15.6. The van der Waals surface area contributed by atoms with Gasteiger partial charge in [-0.05, 0) is 36.9 Å². The smallest absolute Gasteiger partial charge is 0.222 e. The Balaban J connectivity index is 2.57. The van der Waals surface area contributed by atoms with Crippen LogP contribution in [0.15, 0.2) is 24.5 Å². The van der Waals surface area contributed by atoms with Crippen molar-refractivity contribution in [1.82, 2.24) is 9.88 Å². The van der Waals surface area contributed by atoms with Gasteiger partial charge in [0.2, 0.25) is 5.91 Å². The zero-order valence-electron chi connectivity index (χ0n) is 12.0. The van der Waals surface area contributed by atoms with E-state index >= 15 is 0 Å². The number of hydrogen-bond donors (Lipinski definition) is 1. The maximum absolute atomic E-state index is 12.2. The number of amides is 1. The van der Waals surface area contributed by atoms with E-state index in [1.807, 2.05) is 23.2 Å². The third-order valence-corrected chi connectivity index (χ3v) is 3.02. The highest BCUT2D eigenvalue weighted by atomic mass is 16.2. The first-order chi connectivity index (χ1) is 9.13. The monoisotopic (exact) mass is 263 g/mol. The van der Waals surface area contributed by atoms with Crippen LogP contribution in [0.2, 0.25) is 0 Å². The molecule has 1 aromatic rings. The first-order valence-corrected chi connectivity index (χ1v) is 7.00. The Kier molecular flexibility index (Phi) is 7.11. The molecular formula is C15H25N3O. The number of carbonyl (C=O) groups excluding carboxylic acids is 1. The summed E-state index contributed by atoms with van der Waals surface area (Å²) in [4.78, 5) is 18.2. The van der Waals surface area contributed by atoms with Crippen molar-refractivity contribution < 1.29 is 4.79 Å². The Morgan fingerprint density at radius 2 is 2.26 bits per heavy atom. The van der Waals surface area contributed by atoms with Crippen molar-refractivity contribution in [2.45, 2.75) is 39.7 Å². The third kappa shape index (κ3) is 6.34. The van der Waals surface area contributed by atoms with Gasteiger partial charge in [0, 0.05) is 31.9 Å². The summed E-state index contributed by atoms with van der Waals surface area (Å²) in [6, 6.07) is 3.90. The molecule has 0 bridgehead atoms. The quantitative estimate of drug-likeness (QED) is 0.782. The second-order valence-electron chi connectivity index (χ2n) is 5.25. The average molecular weight is 263 g/mol. The largest absolute Gasteiger partial charge is 0.338 e. The molecule has 0 atom stereocenters. The molecule has 1 aromatic heterocycles. The van der Waals surface area contributed by atoms with E-state index in [9.17, 15) is 4.79 Å². The number of nitrogens with two attached hydrogens (primary N) is 1. The Morgan fingerprint density at radius 1 is 1.47 bits per heavy atom. The third-order valence-electron chi connectivity index (χ3n) is 3.02. The molecule has 0 spiro atoms. The highest BCUT2D eigenvalue weighted by Crippen LogP contribution is 2.10. The van der Waals surface area contributed by atoms with Crippen LogP contribution in [0, 0.1) is 5.92 Å². The molecule has 0 saturated heterocycles. The average Bonchev–Trinajstić information content (AvgIpc) is 2.41. The maximum Gasteiger partial charge on any atom is 0.222 e. The summed E-state index contributed by atoms with van der Waals surface area (Å²) >= 11 is 0. The zero-order chi connectivity index (χ0) is 14.1. The van der Waals surface area contributed by atoms with Gasteiger partial charge in [0.25, 0.3) is 0 Å². The molecule has 2 N–H and O–H groups in total. The van der Waals surface area contributed by atoms with Crippen LogP contribution in [0.25, 0.3) is 0 Å². The fourth-order valence-corrected chi connectivity index (χ4v) is 1.86. The topological polar surface area (TPSA) is 59.2 Å². The molecule has 1 heterocycles. The van der Waals surface area contributed by atoms with Gasteiger partial charge in [-0.15, -0.1) is 0 Å². The van der Waals surface area contributed by atoms with Gasteiger partial charge in [0.1, 0.15) is 0 Å². The van der Waals surface area contributed by atoms with E-state index in [-0.39, 0.29) is 5.91 Å². The van der Waals surface area contributed by atoms with Crippen LogP contribution in [0.5, 0.6) is 0 Å². The van der Waals surface area contributed by atoms with E-state index in [1.165, 1.54) is 0 Å². The van der Waals surface area contributed by atoms with Crippen LogP contribution in [-0.4, -0.2) is 28.9 Å². The lowest BCUT2D eigenvalue weighted by Crippen LogP contribution is -2.32. The van der Waals surface area contributed by atoms with Crippen molar-refractivity contribution >= 4 is 5.91 Å². The number of pyridine rings is 1. The molecule has 0 fully saturated rings. The van der Waals surface area contributed by atoms with E-state index in [0.717, 1.165) is 24.9 Å². The van der Waals surface area contributed by atoms with Gasteiger partial charge in [-0.2, -0.15) is 0 Å². The summed E-state index contributed by atoms with van der Waals surface area (Å²) in [7, 11) is 0. The summed E-state index contributed by atoms with van der Waals surface area (Å²) in [5.74, 6) is 0.768. The molecule has 19 heavy (non-hydrogen) atoms. The SMILES string of the molecule is CC(C)CCC(=O)N(CCCN)Cc1cccnc1. The molecule has 0 aliphatic heterocycles. The van der Waals surface area contributed by atoms with Crippen LogP contribution in [-0.2, 0) is 11.3 Å². The fourth-order valence-electron chi connectivity index (χ4n) is 1.86. The summed E-state index contributed by atoms with van der Waals surface area (Å²) < 4.78 is 0. The van der Waals surface area contributed by atoms with Crippen LogP contribution in [0.4, 0.5) is 0 Å². The van der Waals surface area contributed by atoms with E-state index in [2.05, 4.69) is 18.8 Å². The van der Waals surface area contributed by atoms with Crippen LogP contribution < -0.4 is 5.73 Å². The predicted molar refractivity (Wildman–Crippen MR) is 77.4 cm³/mol. The lowest BCUT2D eigenvalue weighted by molar-refractivity contribution is -0.132. The second kappa shape index (κ2) is 8.64. The molecule has 4 nitrogen and oxygen atoms in total. The van der Waals surface area contributed by atoms with Crippen molar-refractivity contribution in [2.75, 3.05) is 13.1 Å². The summed E-state index contributed by atoms with van der Waals surface area (Å²) in [5, 5.41) is 0. The molecular weight excluding hydrogens is 238 g/mol. The maximum atomic E-state index is 12.2. The van der Waals surface area contributed by atoms with Crippen LogP contribution in [0.1, 0.15) is 38.7 Å². The van der Waals surface area contributed by atoms with Crippen molar-refractivity contribution in [3.8, 4) is 0 Å². The number of carbonyl (C=O) groups is 1. The molecule has 0 aliphatic carbocycles. The molecule has 1 rings (SSSR count). The van der Waals surface area contributed by atoms with Gasteiger partial charge >= 0.3 is 0 Å².